The third kappa shape index (κ3) is 4.16. The van der Waals surface area contributed by atoms with Crippen LogP contribution in [0.15, 0.2) is 36.4 Å². The maximum atomic E-state index is 6.15. The van der Waals surface area contributed by atoms with Gasteiger partial charge in [-0.2, -0.15) is 0 Å². The number of aromatic nitrogens is 1. The molecule has 2 aromatic carbocycles. The van der Waals surface area contributed by atoms with Crippen LogP contribution >= 0.6 is 0 Å². The van der Waals surface area contributed by atoms with Gasteiger partial charge in [0, 0.05) is 27.4 Å². The second kappa shape index (κ2) is 7.49. The van der Waals surface area contributed by atoms with E-state index >= 15 is 0 Å². The average molecular weight is 338 g/mol. The molecule has 0 unspecified atom stereocenters. The van der Waals surface area contributed by atoms with Crippen LogP contribution in [-0.4, -0.2) is 23.7 Å². The van der Waals surface area contributed by atoms with Gasteiger partial charge in [0.05, 0.1) is 12.1 Å². The zero-order chi connectivity index (χ0) is 17.9. The minimum Gasteiger partial charge on any atom is -0.493 e. The molecule has 1 heterocycles. The summed E-state index contributed by atoms with van der Waals surface area (Å²) in [7, 11) is 0. The molecule has 0 radical (unpaired) electrons. The van der Waals surface area contributed by atoms with E-state index in [0.29, 0.717) is 0 Å². The molecule has 25 heavy (non-hydrogen) atoms. The number of nitrogens with one attached hydrogen (secondary N) is 2. The SMILES string of the molecule is CCCc1c(OCCCNC(C)(C)C)ccc2c1[nH]c1ccccc12. The minimum atomic E-state index is 0.163. The third-order valence-electron chi connectivity index (χ3n) is 4.48. The summed E-state index contributed by atoms with van der Waals surface area (Å²) in [5, 5.41) is 6.09. The van der Waals surface area contributed by atoms with Gasteiger partial charge >= 0.3 is 0 Å². The molecule has 0 amide bonds. The average Bonchev–Trinajstić information content (AvgIpc) is 2.94. The first-order valence-electron chi connectivity index (χ1n) is 9.40. The molecule has 0 fully saturated rings. The summed E-state index contributed by atoms with van der Waals surface area (Å²) in [4.78, 5) is 3.60. The van der Waals surface area contributed by atoms with Crippen molar-refractivity contribution in [2.45, 2.75) is 52.5 Å². The predicted octanol–water partition coefficient (Wildman–Crippen LogP) is 5.43. The Balaban J connectivity index is 1.80. The van der Waals surface area contributed by atoms with E-state index in [-0.39, 0.29) is 5.54 Å². The molecule has 3 nitrogen and oxygen atoms in total. The highest BCUT2D eigenvalue weighted by Crippen LogP contribution is 2.33. The maximum absolute atomic E-state index is 6.15. The number of rotatable bonds is 7. The number of hydrogen-bond acceptors (Lipinski definition) is 2. The van der Waals surface area contributed by atoms with Gasteiger partial charge in [-0.3, -0.25) is 0 Å². The van der Waals surface area contributed by atoms with Crippen LogP contribution in [-0.2, 0) is 6.42 Å². The number of para-hydroxylation sites is 1. The van der Waals surface area contributed by atoms with E-state index in [4.69, 9.17) is 4.74 Å². The van der Waals surface area contributed by atoms with E-state index in [2.05, 4.69) is 74.4 Å². The Morgan fingerprint density at radius 1 is 1.04 bits per heavy atom. The summed E-state index contributed by atoms with van der Waals surface area (Å²) in [5.74, 6) is 1.02. The molecule has 0 saturated carbocycles. The Hall–Kier alpha value is -2.00. The van der Waals surface area contributed by atoms with Crippen molar-refractivity contribution in [1.82, 2.24) is 10.3 Å². The normalized spacial score (nSPS) is 12.2. The number of H-pyrrole nitrogens is 1. The topological polar surface area (TPSA) is 37.0 Å². The van der Waals surface area contributed by atoms with E-state index in [0.717, 1.165) is 38.2 Å². The van der Waals surface area contributed by atoms with Crippen molar-refractivity contribution in [2.75, 3.05) is 13.2 Å². The zero-order valence-corrected chi connectivity index (χ0v) is 15.9. The van der Waals surface area contributed by atoms with Gasteiger partial charge in [-0.15, -0.1) is 0 Å². The fourth-order valence-electron chi connectivity index (χ4n) is 3.31. The highest BCUT2D eigenvalue weighted by atomic mass is 16.5. The van der Waals surface area contributed by atoms with Crippen molar-refractivity contribution in [3.8, 4) is 5.75 Å². The summed E-state index contributed by atoms with van der Waals surface area (Å²) < 4.78 is 6.15. The molecule has 2 N–H and O–H groups in total. The Morgan fingerprint density at radius 2 is 1.84 bits per heavy atom. The van der Waals surface area contributed by atoms with E-state index in [1.807, 2.05) is 0 Å². The van der Waals surface area contributed by atoms with Crippen LogP contribution in [0.2, 0.25) is 0 Å². The Kier molecular flexibility index (Phi) is 5.33. The van der Waals surface area contributed by atoms with Gasteiger partial charge in [0.25, 0.3) is 0 Å². The molecule has 0 saturated heterocycles. The molecule has 3 rings (SSSR count). The van der Waals surface area contributed by atoms with Crippen LogP contribution in [0.1, 0.15) is 46.1 Å². The molecular formula is C22H30N2O. The Labute approximate surface area is 150 Å². The summed E-state index contributed by atoms with van der Waals surface area (Å²) in [5.41, 5.74) is 3.89. The highest BCUT2D eigenvalue weighted by molar-refractivity contribution is 6.08. The second-order valence-electron chi connectivity index (χ2n) is 7.76. The molecule has 0 aliphatic heterocycles. The van der Waals surface area contributed by atoms with Crippen molar-refractivity contribution >= 4 is 21.8 Å². The van der Waals surface area contributed by atoms with Gasteiger partial charge in [-0.1, -0.05) is 31.5 Å². The molecule has 0 spiro atoms. The van der Waals surface area contributed by atoms with E-state index in [9.17, 15) is 0 Å². The molecule has 134 valence electrons. The van der Waals surface area contributed by atoms with Crippen molar-refractivity contribution < 1.29 is 4.74 Å². The van der Waals surface area contributed by atoms with Crippen molar-refractivity contribution in [3.05, 3.63) is 42.0 Å². The third-order valence-corrected chi connectivity index (χ3v) is 4.48. The van der Waals surface area contributed by atoms with Gasteiger partial charge in [0.1, 0.15) is 5.75 Å². The summed E-state index contributed by atoms with van der Waals surface area (Å²) in [6, 6.07) is 12.8. The van der Waals surface area contributed by atoms with Crippen molar-refractivity contribution in [1.29, 1.82) is 0 Å². The van der Waals surface area contributed by atoms with Crippen molar-refractivity contribution in [3.63, 3.8) is 0 Å². The van der Waals surface area contributed by atoms with Crippen LogP contribution in [0.5, 0.6) is 5.75 Å². The smallest absolute Gasteiger partial charge is 0.124 e. The van der Waals surface area contributed by atoms with Gasteiger partial charge in [-0.25, -0.2) is 0 Å². The van der Waals surface area contributed by atoms with E-state index in [1.54, 1.807) is 0 Å². The first-order valence-corrected chi connectivity index (χ1v) is 9.40. The predicted molar refractivity (Wildman–Crippen MR) is 108 cm³/mol. The van der Waals surface area contributed by atoms with Gasteiger partial charge in [-0.05, 0) is 58.4 Å². The zero-order valence-electron chi connectivity index (χ0n) is 15.9. The van der Waals surface area contributed by atoms with E-state index < -0.39 is 0 Å². The summed E-state index contributed by atoms with van der Waals surface area (Å²) in [6.45, 7) is 10.5. The quantitative estimate of drug-likeness (QED) is 0.564. The van der Waals surface area contributed by atoms with Crippen LogP contribution in [0.25, 0.3) is 21.8 Å². The van der Waals surface area contributed by atoms with Crippen LogP contribution in [0, 0.1) is 0 Å². The summed E-state index contributed by atoms with van der Waals surface area (Å²) >= 11 is 0. The van der Waals surface area contributed by atoms with Crippen LogP contribution in [0.3, 0.4) is 0 Å². The first-order chi connectivity index (χ1) is 12.0. The molecule has 0 aliphatic rings. The molecule has 3 heteroatoms. The van der Waals surface area contributed by atoms with Crippen molar-refractivity contribution in [2.24, 2.45) is 0 Å². The van der Waals surface area contributed by atoms with Gasteiger partial charge in [0.2, 0.25) is 0 Å². The Morgan fingerprint density at radius 3 is 2.60 bits per heavy atom. The van der Waals surface area contributed by atoms with Gasteiger partial charge in [0.15, 0.2) is 0 Å². The second-order valence-corrected chi connectivity index (χ2v) is 7.76. The lowest BCUT2D eigenvalue weighted by molar-refractivity contribution is 0.296. The van der Waals surface area contributed by atoms with Gasteiger partial charge < -0.3 is 15.0 Å². The monoisotopic (exact) mass is 338 g/mol. The minimum absolute atomic E-state index is 0.163. The van der Waals surface area contributed by atoms with Crippen LogP contribution in [0.4, 0.5) is 0 Å². The lowest BCUT2D eigenvalue weighted by atomic mass is 10.0. The highest BCUT2D eigenvalue weighted by Gasteiger charge is 2.13. The molecule has 3 aromatic rings. The number of hydrogen-bond donors (Lipinski definition) is 2. The lowest BCUT2D eigenvalue weighted by Gasteiger charge is -2.20. The Bertz CT molecular complexity index is 842. The largest absolute Gasteiger partial charge is 0.493 e. The number of fused-ring (bicyclic) bond motifs is 3. The molecule has 1 aromatic heterocycles. The molecular weight excluding hydrogens is 308 g/mol. The number of aryl methyl sites for hydroxylation is 1. The fourth-order valence-corrected chi connectivity index (χ4v) is 3.31. The number of aromatic amines is 1. The maximum Gasteiger partial charge on any atom is 0.124 e. The molecule has 0 aliphatic carbocycles. The standard InChI is InChI=1S/C22H30N2O/c1-5-9-18-20(25-15-8-14-23-22(2,3)4)13-12-17-16-10-6-7-11-19(16)24-21(17)18/h6-7,10-13,23-24H,5,8-9,14-15H2,1-4H3. The van der Waals surface area contributed by atoms with Crippen LogP contribution < -0.4 is 10.1 Å². The van der Waals surface area contributed by atoms with E-state index in [1.165, 1.54) is 27.4 Å². The lowest BCUT2D eigenvalue weighted by Crippen LogP contribution is -2.36. The molecule has 0 bridgehead atoms. The fraction of sp³-hybridized carbons (Fsp3) is 0.455. The number of ether oxygens (including phenoxy) is 1. The molecule has 0 atom stereocenters. The first kappa shape index (κ1) is 17.8. The number of benzene rings is 2. The summed E-state index contributed by atoms with van der Waals surface area (Å²) in [6.07, 6.45) is 3.14.